The van der Waals surface area contributed by atoms with Gasteiger partial charge in [0.05, 0.1) is 24.8 Å². The maximum atomic E-state index is 12.1. The zero-order chi connectivity index (χ0) is 15.9. The molecule has 0 fully saturated rings. The first-order valence-electron chi connectivity index (χ1n) is 7.19. The van der Waals surface area contributed by atoms with Crippen molar-refractivity contribution in [2.24, 2.45) is 0 Å². The number of ether oxygens (including phenoxy) is 1. The van der Waals surface area contributed by atoms with Gasteiger partial charge in [0.25, 0.3) is 0 Å². The van der Waals surface area contributed by atoms with Crippen LogP contribution in [0.15, 0.2) is 42.6 Å². The van der Waals surface area contributed by atoms with Gasteiger partial charge in [0.15, 0.2) is 0 Å². The summed E-state index contributed by atoms with van der Waals surface area (Å²) in [4.78, 5) is 17.9. The number of pyridine rings is 1. The molecule has 2 aromatic rings. The van der Waals surface area contributed by atoms with Crippen LogP contribution in [0.3, 0.4) is 0 Å². The lowest BCUT2D eigenvalue weighted by Gasteiger charge is -2.18. The van der Waals surface area contributed by atoms with E-state index >= 15 is 0 Å². The van der Waals surface area contributed by atoms with Crippen LogP contribution in [0.5, 0.6) is 5.75 Å². The van der Waals surface area contributed by atoms with E-state index in [1.54, 1.807) is 30.3 Å². The van der Waals surface area contributed by atoms with Crippen LogP contribution in [0.25, 0.3) is 0 Å². The second kappa shape index (κ2) is 9.00. The van der Waals surface area contributed by atoms with Gasteiger partial charge >= 0.3 is 0 Å². The van der Waals surface area contributed by atoms with Crippen LogP contribution in [0.2, 0.25) is 0 Å². The van der Waals surface area contributed by atoms with E-state index in [1.807, 2.05) is 31.2 Å². The summed E-state index contributed by atoms with van der Waals surface area (Å²) in [7, 11) is 1.76. The predicted molar refractivity (Wildman–Crippen MR) is 93.9 cm³/mol. The normalized spacial score (nSPS) is 9.83. The Morgan fingerprint density at radius 2 is 2.00 bits per heavy atom. The molecule has 0 aliphatic carbocycles. The summed E-state index contributed by atoms with van der Waals surface area (Å²) in [6, 6.07) is 11.3. The molecule has 1 heterocycles. The molecule has 0 bridgehead atoms. The summed E-state index contributed by atoms with van der Waals surface area (Å²) in [5.74, 6) is 0.856. The number of amides is 1. The topological polar surface area (TPSA) is 68.5 Å². The maximum absolute atomic E-state index is 12.1. The molecule has 0 spiro atoms. The molecule has 0 aliphatic rings. The van der Waals surface area contributed by atoms with E-state index in [4.69, 9.17) is 10.5 Å². The van der Waals surface area contributed by atoms with Crippen LogP contribution in [0.4, 0.5) is 5.69 Å². The lowest BCUT2D eigenvalue weighted by atomic mass is 10.2. The molecule has 0 saturated heterocycles. The highest BCUT2D eigenvalue weighted by Crippen LogP contribution is 2.15. The molecule has 1 aromatic heterocycles. The smallest absolute Gasteiger partial charge is 0.228 e. The first kappa shape index (κ1) is 18.8. The molecule has 23 heavy (non-hydrogen) atoms. The first-order chi connectivity index (χ1) is 10.6. The van der Waals surface area contributed by atoms with E-state index in [1.165, 1.54) is 0 Å². The van der Waals surface area contributed by atoms with E-state index in [0.717, 1.165) is 11.3 Å². The molecule has 5 nitrogen and oxygen atoms in total. The second-order valence-electron chi connectivity index (χ2n) is 5.19. The Labute approximate surface area is 142 Å². The van der Waals surface area contributed by atoms with Gasteiger partial charge in [-0.15, -0.1) is 12.4 Å². The van der Waals surface area contributed by atoms with Gasteiger partial charge in [0, 0.05) is 12.7 Å². The molecular weight excluding hydrogens is 314 g/mol. The molecular formula is C17H22ClN3O2. The summed E-state index contributed by atoms with van der Waals surface area (Å²) in [5, 5.41) is 0. The number of para-hydroxylation sites is 1. The van der Waals surface area contributed by atoms with Gasteiger partial charge in [-0.25, -0.2) is 0 Å². The van der Waals surface area contributed by atoms with Crippen molar-refractivity contribution < 1.29 is 9.53 Å². The molecule has 6 heteroatoms. The van der Waals surface area contributed by atoms with Crippen LogP contribution in [-0.4, -0.2) is 36.0 Å². The summed E-state index contributed by atoms with van der Waals surface area (Å²) in [5.41, 5.74) is 7.97. The molecule has 0 radical (unpaired) electrons. The molecule has 0 unspecified atom stereocenters. The number of aromatic nitrogens is 1. The fraction of sp³-hybridized carbons (Fsp3) is 0.294. The number of hydrogen-bond acceptors (Lipinski definition) is 4. The highest BCUT2D eigenvalue weighted by atomic mass is 35.5. The summed E-state index contributed by atoms with van der Waals surface area (Å²) in [6.45, 7) is 2.99. The third kappa shape index (κ3) is 5.79. The number of hydrogen-bond donors (Lipinski definition) is 1. The van der Waals surface area contributed by atoms with Gasteiger partial charge in [0.2, 0.25) is 5.91 Å². The van der Waals surface area contributed by atoms with Crippen molar-refractivity contribution in [1.29, 1.82) is 0 Å². The largest absolute Gasteiger partial charge is 0.491 e. The van der Waals surface area contributed by atoms with Gasteiger partial charge in [0.1, 0.15) is 12.4 Å². The molecule has 124 valence electrons. The van der Waals surface area contributed by atoms with Crippen molar-refractivity contribution >= 4 is 24.0 Å². The maximum Gasteiger partial charge on any atom is 0.228 e. The SMILES string of the molecule is Cc1ccccc1OCCN(C)C(=O)Cc1ccc(N)cn1.Cl. The number of carbonyl (C=O) groups excluding carboxylic acids is 1. The minimum atomic E-state index is 0. The van der Waals surface area contributed by atoms with Crippen molar-refractivity contribution in [2.75, 3.05) is 25.9 Å². The fourth-order valence-electron chi connectivity index (χ4n) is 1.97. The Bertz CT molecular complexity index is 632. The van der Waals surface area contributed by atoms with E-state index in [0.29, 0.717) is 24.5 Å². The molecule has 2 N–H and O–H groups in total. The van der Waals surface area contributed by atoms with Crippen molar-refractivity contribution in [3.05, 3.63) is 53.9 Å². The molecule has 2 rings (SSSR count). The zero-order valence-corrected chi connectivity index (χ0v) is 14.2. The minimum Gasteiger partial charge on any atom is -0.491 e. The third-order valence-corrected chi connectivity index (χ3v) is 3.38. The highest BCUT2D eigenvalue weighted by Gasteiger charge is 2.10. The average molecular weight is 336 g/mol. The Morgan fingerprint density at radius 1 is 1.26 bits per heavy atom. The van der Waals surface area contributed by atoms with Crippen LogP contribution in [-0.2, 0) is 11.2 Å². The van der Waals surface area contributed by atoms with Gasteiger partial charge in [-0.3, -0.25) is 9.78 Å². The van der Waals surface area contributed by atoms with Crippen LogP contribution in [0, 0.1) is 6.92 Å². The number of likely N-dealkylation sites (N-methyl/N-ethyl adjacent to an activating group) is 1. The number of halogens is 1. The lowest BCUT2D eigenvalue weighted by Crippen LogP contribution is -2.32. The van der Waals surface area contributed by atoms with Gasteiger partial charge in [-0.05, 0) is 30.7 Å². The second-order valence-corrected chi connectivity index (χ2v) is 5.19. The van der Waals surface area contributed by atoms with Gasteiger partial charge < -0.3 is 15.4 Å². The van der Waals surface area contributed by atoms with Gasteiger partial charge in [-0.2, -0.15) is 0 Å². The highest BCUT2D eigenvalue weighted by molar-refractivity contribution is 5.85. The third-order valence-electron chi connectivity index (χ3n) is 3.38. The predicted octanol–water partition coefficient (Wildman–Crippen LogP) is 2.47. The number of carbonyl (C=O) groups is 1. The van der Waals surface area contributed by atoms with Crippen LogP contribution >= 0.6 is 12.4 Å². The molecule has 0 aliphatic heterocycles. The lowest BCUT2D eigenvalue weighted by molar-refractivity contribution is -0.129. The Hall–Kier alpha value is -2.27. The molecule has 1 amide bonds. The number of benzene rings is 1. The summed E-state index contributed by atoms with van der Waals surface area (Å²) < 4.78 is 5.70. The quantitative estimate of drug-likeness (QED) is 0.880. The number of nitrogen functional groups attached to an aromatic ring is 1. The Kier molecular flexibility index (Phi) is 7.35. The van der Waals surface area contributed by atoms with Crippen LogP contribution in [0.1, 0.15) is 11.3 Å². The number of aryl methyl sites for hydroxylation is 1. The standard InChI is InChI=1S/C17H21N3O2.ClH/c1-13-5-3-4-6-16(13)22-10-9-20(2)17(21)11-15-8-7-14(18)12-19-15;/h3-8,12H,9-11,18H2,1-2H3;1H. The van der Waals surface area contributed by atoms with E-state index in [-0.39, 0.29) is 24.7 Å². The number of nitrogens with two attached hydrogens (primary N) is 1. The number of rotatable bonds is 6. The van der Waals surface area contributed by atoms with E-state index < -0.39 is 0 Å². The van der Waals surface area contributed by atoms with Crippen LogP contribution < -0.4 is 10.5 Å². The first-order valence-corrected chi connectivity index (χ1v) is 7.19. The molecule has 0 saturated carbocycles. The Balaban J connectivity index is 0.00000264. The van der Waals surface area contributed by atoms with Crippen molar-refractivity contribution in [2.45, 2.75) is 13.3 Å². The summed E-state index contributed by atoms with van der Waals surface area (Å²) in [6.07, 6.45) is 1.82. The van der Waals surface area contributed by atoms with Crippen molar-refractivity contribution in [3.8, 4) is 5.75 Å². The number of nitrogens with zero attached hydrogens (tertiary/aromatic N) is 2. The summed E-state index contributed by atoms with van der Waals surface area (Å²) >= 11 is 0. The van der Waals surface area contributed by atoms with E-state index in [2.05, 4.69) is 4.98 Å². The monoisotopic (exact) mass is 335 g/mol. The zero-order valence-electron chi connectivity index (χ0n) is 13.4. The van der Waals surface area contributed by atoms with Crippen molar-refractivity contribution in [3.63, 3.8) is 0 Å². The fourth-order valence-corrected chi connectivity index (χ4v) is 1.97. The average Bonchev–Trinajstić information content (AvgIpc) is 2.51. The van der Waals surface area contributed by atoms with Crippen molar-refractivity contribution in [1.82, 2.24) is 9.88 Å². The molecule has 1 aromatic carbocycles. The number of anilines is 1. The Morgan fingerprint density at radius 3 is 2.65 bits per heavy atom. The van der Waals surface area contributed by atoms with E-state index in [9.17, 15) is 4.79 Å². The van der Waals surface area contributed by atoms with Gasteiger partial charge in [-0.1, -0.05) is 18.2 Å². The minimum absolute atomic E-state index is 0. The molecule has 0 atom stereocenters.